The fourth-order valence-electron chi connectivity index (χ4n) is 3.36. The van der Waals surface area contributed by atoms with Gasteiger partial charge in [-0.05, 0) is 12.1 Å². The van der Waals surface area contributed by atoms with Gasteiger partial charge >= 0.3 is 5.97 Å². The van der Waals surface area contributed by atoms with Gasteiger partial charge in [-0.1, -0.05) is 36.4 Å². The lowest BCUT2D eigenvalue weighted by atomic mass is 9.91. The molecule has 0 bridgehead atoms. The average molecular weight is 335 g/mol. The van der Waals surface area contributed by atoms with Crippen LogP contribution >= 0.6 is 0 Å². The van der Waals surface area contributed by atoms with Crippen LogP contribution in [0.2, 0.25) is 0 Å². The second kappa shape index (κ2) is 4.70. The zero-order chi connectivity index (χ0) is 17.9. The van der Waals surface area contributed by atoms with Crippen molar-refractivity contribution >= 4 is 29.4 Å². The molecule has 0 aromatic heterocycles. The molecule has 122 valence electrons. The molecule has 4 rings (SSSR count). The number of imide groups is 1. The fourth-order valence-corrected chi connectivity index (χ4v) is 3.36. The number of carbonyl (C=O) groups is 5. The van der Waals surface area contributed by atoms with E-state index in [0.717, 1.165) is 0 Å². The third kappa shape index (κ3) is 1.56. The molecule has 0 saturated heterocycles. The normalized spacial score (nSPS) is 17.7. The molecule has 0 spiro atoms. The molecule has 0 fully saturated rings. The van der Waals surface area contributed by atoms with Crippen molar-refractivity contribution in [1.29, 1.82) is 0 Å². The van der Waals surface area contributed by atoms with Crippen molar-refractivity contribution in [2.75, 3.05) is 0 Å². The van der Waals surface area contributed by atoms with Crippen molar-refractivity contribution in [2.24, 2.45) is 0 Å². The summed E-state index contributed by atoms with van der Waals surface area (Å²) in [6.45, 7) is 0. The zero-order valence-electron chi connectivity index (χ0n) is 12.6. The Hall–Kier alpha value is -3.61. The maximum Gasteiger partial charge on any atom is 0.346 e. The van der Waals surface area contributed by atoms with Crippen LogP contribution in [-0.2, 0) is 4.79 Å². The summed E-state index contributed by atoms with van der Waals surface area (Å²) >= 11 is 0. The van der Waals surface area contributed by atoms with E-state index in [1.54, 1.807) is 0 Å². The molecule has 2 aromatic rings. The monoisotopic (exact) mass is 335 g/mol. The van der Waals surface area contributed by atoms with Gasteiger partial charge in [0.15, 0.2) is 0 Å². The first kappa shape index (κ1) is 14.9. The van der Waals surface area contributed by atoms with Crippen molar-refractivity contribution < 1.29 is 29.1 Å². The van der Waals surface area contributed by atoms with Gasteiger partial charge in [-0.2, -0.15) is 0 Å². The maximum atomic E-state index is 12.9. The van der Waals surface area contributed by atoms with Crippen LogP contribution in [0.25, 0.3) is 0 Å². The highest BCUT2D eigenvalue weighted by Gasteiger charge is 2.67. The summed E-state index contributed by atoms with van der Waals surface area (Å²) in [4.78, 5) is 63.4. The molecule has 2 aliphatic rings. The molecule has 7 heteroatoms. The number of amides is 2. The summed E-state index contributed by atoms with van der Waals surface area (Å²) in [6.07, 6.45) is 0. The predicted molar refractivity (Wildman–Crippen MR) is 82.4 cm³/mol. The van der Waals surface area contributed by atoms with Crippen LogP contribution in [0.5, 0.6) is 0 Å². The van der Waals surface area contributed by atoms with Crippen molar-refractivity contribution in [1.82, 2.24) is 4.90 Å². The maximum absolute atomic E-state index is 12.9. The second-order valence-electron chi connectivity index (χ2n) is 5.71. The van der Waals surface area contributed by atoms with Crippen LogP contribution < -0.4 is 0 Å². The lowest BCUT2D eigenvalue weighted by molar-refractivity contribution is -0.143. The number of benzene rings is 2. The summed E-state index contributed by atoms with van der Waals surface area (Å²) in [5, 5.41) is 9.76. The first-order chi connectivity index (χ1) is 11.9. The van der Waals surface area contributed by atoms with E-state index < -0.39 is 34.9 Å². The Morgan fingerprint density at radius 3 is 1.44 bits per heavy atom. The zero-order valence-corrected chi connectivity index (χ0v) is 12.6. The highest BCUT2D eigenvalue weighted by molar-refractivity contribution is 6.46. The second-order valence-corrected chi connectivity index (χ2v) is 5.71. The Labute approximate surface area is 140 Å². The highest BCUT2D eigenvalue weighted by atomic mass is 16.4. The molecule has 0 saturated carbocycles. The molecular weight excluding hydrogens is 326 g/mol. The third-order valence-corrected chi connectivity index (χ3v) is 4.51. The van der Waals surface area contributed by atoms with E-state index in [2.05, 4.69) is 0 Å². The number of carboxylic acid groups (broad SMARTS) is 1. The first-order valence-electron chi connectivity index (χ1n) is 7.32. The van der Waals surface area contributed by atoms with Crippen LogP contribution in [0.3, 0.4) is 0 Å². The van der Waals surface area contributed by atoms with Gasteiger partial charge in [-0.25, -0.2) is 9.69 Å². The number of aliphatic carboxylic acids is 1. The smallest absolute Gasteiger partial charge is 0.346 e. The van der Waals surface area contributed by atoms with E-state index in [4.69, 9.17) is 0 Å². The minimum absolute atomic E-state index is 0.0373. The van der Waals surface area contributed by atoms with E-state index in [0.29, 0.717) is 0 Å². The predicted octanol–water partition coefficient (Wildman–Crippen LogP) is 1.19. The number of hydrogen-bond donors (Lipinski definition) is 1. The summed E-state index contributed by atoms with van der Waals surface area (Å²) in [7, 11) is 0. The van der Waals surface area contributed by atoms with E-state index in [9.17, 15) is 29.1 Å². The number of hydrogen-bond acceptors (Lipinski definition) is 5. The number of fused-ring (bicyclic) bond motifs is 2. The van der Waals surface area contributed by atoms with Crippen LogP contribution in [0.15, 0.2) is 48.5 Å². The van der Waals surface area contributed by atoms with Crippen molar-refractivity contribution in [3.8, 4) is 0 Å². The standard InChI is InChI=1S/C18H9NO6/c20-13-9-5-1-2-6-10(9)14(21)18(13,17(24)25)19-15(22)11-7-3-4-8-12(11)16(19)23/h1-8H,(H,24,25). The molecule has 2 aromatic carbocycles. The topological polar surface area (TPSA) is 109 Å². The molecule has 1 N–H and O–H groups in total. The fraction of sp³-hybridized carbons (Fsp3) is 0.0556. The van der Waals surface area contributed by atoms with Gasteiger partial charge in [0.05, 0.1) is 11.1 Å². The van der Waals surface area contributed by atoms with Gasteiger partial charge in [0.1, 0.15) is 0 Å². The van der Waals surface area contributed by atoms with Gasteiger partial charge < -0.3 is 5.11 Å². The number of carboxylic acids is 1. The SMILES string of the molecule is O=C1c2ccccc2C(=O)N1C1(C(=O)O)C(=O)c2ccccc2C1=O. The number of ketones is 2. The number of rotatable bonds is 2. The molecule has 1 heterocycles. The van der Waals surface area contributed by atoms with Crippen molar-refractivity contribution in [3.63, 3.8) is 0 Å². The molecule has 25 heavy (non-hydrogen) atoms. The van der Waals surface area contributed by atoms with Gasteiger partial charge in [-0.3, -0.25) is 19.2 Å². The average Bonchev–Trinajstić information content (AvgIpc) is 3.00. The highest BCUT2D eigenvalue weighted by Crippen LogP contribution is 2.39. The van der Waals surface area contributed by atoms with Gasteiger partial charge in [0.25, 0.3) is 17.4 Å². The van der Waals surface area contributed by atoms with E-state index >= 15 is 0 Å². The van der Waals surface area contributed by atoms with Crippen molar-refractivity contribution in [2.45, 2.75) is 5.54 Å². The van der Waals surface area contributed by atoms with E-state index in [-0.39, 0.29) is 27.2 Å². The molecule has 7 nitrogen and oxygen atoms in total. The van der Waals surface area contributed by atoms with Crippen LogP contribution in [0, 0.1) is 0 Å². The molecule has 0 radical (unpaired) electrons. The van der Waals surface area contributed by atoms with Crippen LogP contribution in [0.4, 0.5) is 0 Å². The van der Waals surface area contributed by atoms with Crippen molar-refractivity contribution in [3.05, 3.63) is 70.8 Å². The molecule has 1 aliphatic carbocycles. The van der Waals surface area contributed by atoms with E-state index in [1.807, 2.05) is 0 Å². The molecule has 0 atom stereocenters. The summed E-state index contributed by atoms with van der Waals surface area (Å²) in [5.74, 6) is -5.98. The Balaban J connectivity index is 1.99. The molecular formula is C18H9NO6. The number of carbonyl (C=O) groups excluding carboxylic acids is 4. The molecule has 1 aliphatic heterocycles. The first-order valence-corrected chi connectivity index (χ1v) is 7.32. The number of Topliss-reactive ketones (excluding diaryl/α,β-unsaturated/α-hetero) is 2. The summed E-state index contributed by atoms with van der Waals surface area (Å²) in [5.41, 5.74) is -3.22. The van der Waals surface area contributed by atoms with Crippen LogP contribution in [-0.4, -0.2) is 44.9 Å². The molecule has 0 unspecified atom stereocenters. The van der Waals surface area contributed by atoms with Gasteiger partial charge in [0.2, 0.25) is 11.6 Å². The van der Waals surface area contributed by atoms with E-state index in [1.165, 1.54) is 48.5 Å². The molecule has 2 amide bonds. The third-order valence-electron chi connectivity index (χ3n) is 4.51. The van der Waals surface area contributed by atoms with Gasteiger partial charge in [0, 0.05) is 11.1 Å². The van der Waals surface area contributed by atoms with Gasteiger partial charge in [-0.15, -0.1) is 0 Å². The Bertz CT molecular complexity index is 952. The number of nitrogens with zero attached hydrogens (tertiary/aromatic N) is 1. The Morgan fingerprint density at radius 1 is 0.720 bits per heavy atom. The lowest BCUT2D eigenvalue weighted by Crippen LogP contribution is -2.64. The quantitative estimate of drug-likeness (QED) is 0.652. The van der Waals surface area contributed by atoms with Crippen LogP contribution in [0.1, 0.15) is 41.4 Å². The lowest BCUT2D eigenvalue weighted by Gasteiger charge is -2.29. The minimum Gasteiger partial charge on any atom is -0.479 e. The summed E-state index contributed by atoms with van der Waals surface area (Å²) < 4.78 is 0. The largest absolute Gasteiger partial charge is 0.479 e. The minimum atomic E-state index is -2.91. The summed E-state index contributed by atoms with van der Waals surface area (Å²) in [6, 6.07) is 11.3. The Kier molecular flexibility index (Phi) is 2.81. The Morgan fingerprint density at radius 2 is 1.08 bits per heavy atom.